The summed E-state index contributed by atoms with van der Waals surface area (Å²) in [4.78, 5) is 29.2. The monoisotopic (exact) mass is 382 g/mol. The van der Waals surface area contributed by atoms with Crippen LogP contribution < -0.4 is 4.90 Å². The van der Waals surface area contributed by atoms with Crippen LogP contribution in [0.25, 0.3) is 5.82 Å². The fraction of sp³-hybridized carbons (Fsp3) is 0.444. The quantitative estimate of drug-likeness (QED) is 0.642. The van der Waals surface area contributed by atoms with Gasteiger partial charge >= 0.3 is 0 Å². The predicted octanol–water partition coefficient (Wildman–Crippen LogP) is 0.944. The van der Waals surface area contributed by atoms with Crippen LogP contribution in [-0.2, 0) is 11.2 Å². The minimum atomic E-state index is 0.158. The van der Waals surface area contributed by atoms with Crippen molar-refractivity contribution in [3.8, 4) is 5.82 Å². The van der Waals surface area contributed by atoms with Crippen molar-refractivity contribution >= 4 is 11.7 Å². The van der Waals surface area contributed by atoms with Crippen LogP contribution in [0.5, 0.6) is 0 Å². The fourth-order valence-electron chi connectivity index (χ4n) is 3.40. The third-order valence-corrected chi connectivity index (χ3v) is 5.02. The molecule has 0 unspecified atom stereocenters. The van der Waals surface area contributed by atoms with Gasteiger partial charge in [-0.05, 0) is 20.3 Å². The molecule has 3 aromatic heterocycles. The smallest absolute Gasteiger partial charge is 0.223 e. The average molecular weight is 382 g/mol. The molecule has 0 saturated carbocycles. The minimum absolute atomic E-state index is 0.158. The van der Waals surface area contributed by atoms with E-state index in [4.69, 9.17) is 4.52 Å². The van der Waals surface area contributed by atoms with Crippen molar-refractivity contribution in [3.63, 3.8) is 0 Å². The molecule has 1 fully saturated rings. The molecule has 4 rings (SSSR count). The Balaban J connectivity index is 1.33. The summed E-state index contributed by atoms with van der Waals surface area (Å²) < 4.78 is 6.77. The summed E-state index contributed by atoms with van der Waals surface area (Å²) in [7, 11) is 0. The van der Waals surface area contributed by atoms with Crippen LogP contribution in [0.1, 0.15) is 23.4 Å². The second-order valence-electron chi connectivity index (χ2n) is 6.75. The highest BCUT2D eigenvalue weighted by Crippen LogP contribution is 2.18. The molecule has 0 atom stereocenters. The van der Waals surface area contributed by atoms with Crippen LogP contribution in [0.4, 0.5) is 5.82 Å². The van der Waals surface area contributed by atoms with E-state index in [1.54, 1.807) is 11.0 Å². The number of carbonyl (C=O) groups excluding carboxylic acids is 1. The minimum Gasteiger partial charge on any atom is -0.361 e. The Morgan fingerprint density at radius 3 is 2.57 bits per heavy atom. The van der Waals surface area contributed by atoms with Gasteiger partial charge in [-0.25, -0.2) is 19.6 Å². The Kier molecular flexibility index (Phi) is 5.00. The van der Waals surface area contributed by atoms with Gasteiger partial charge in [-0.2, -0.15) is 5.10 Å². The van der Waals surface area contributed by atoms with Gasteiger partial charge in [0.2, 0.25) is 5.91 Å². The van der Waals surface area contributed by atoms with E-state index in [1.807, 2.05) is 24.8 Å². The molecule has 1 amide bonds. The Hall–Kier alpha value is -3.30. The number of piperazine rings is 1. The Morgan fingerprint density at radius 1 is 1.11 bits per heavy atom. The molecule has 3 aromatic rings. The SMILES string of the molecule is Cc1noc(C)c1CCC(=O)N1CCN(c2cc(-n3cncn3)ncn2)CC1. The van der Waals surface area contributed by atoms with Crippen LogP contribution in [0.15, 0.2) is 29.6 Å². The van der Waals surface area contributed by atoms with Gasteiger partial charge in [-0.15, -0.1) is 0 Å². The summed E-state index contributed by atoms with van der Waals surface area (Å²) in [6, 6.07) is 1.88. The molecule has 0 aliphatic carbocycles. The topological polar surface area (TPSA) is 106 Å². The van der Waals surface area contributed by atoms with Crippen LogP contribution in [0.2, 0.25) is 0 Å². The molecule has 4 heterocycles. The van der Waals surface area contributed by atoms with Crippen molar-refractivity contribution in [2.75, 3.05) is 31.1 Å². The zero-order valence-corrected chi connectivity index (χ0v) is 15.9. The molecule has 1 saturated heterocycles. The van der Waals surface area contributed by atoms with E-state index in [-0.39, 0.29) is 5.91 Å². The summed E-state index contributed by atoms with van der Waals surface area (Å²) in [5, 5.41) is 8.04. The van der Waals surface area contributed by atoms with Crippen molar-refractivity contribution < 1.29 is 9.32 Å². The number of aryl methyl sites for hydroxylation is 2. The number of hydrogen-bond donors (Lipinski definition) is 0. The maximum Gasteiger partial charge on any atom is 0.223 e. The molecule has 0 N–H and O–H groups in total. The maximum absolute atomic E-state index is 12.6. The van der Waals surface area contributed by atoms with Gasteiger partial charge in [-0.1, -0.05) is 5.16 Å². The summed E-state index contributed by atoms with van der Waals surface area (Å²) >= 11 is 0. The van der Waals surface area contributed by atoms with E-state index >= 15 is 0 Å². The number of anilines is 1. The van der Waals surface area contributed by atoms with E-state index < -0.39 is 0 Å². The predicted molar refractivity (Wildman–Crippen MR) is 100 cm³/mol. The molecule has 0 radical (unpaired) electrons. The second kappa shape index (κ2) is 7.75. The summed E-state index contributed by atoms with van der Waals surface area (Å²) in [6.45, 7) is 6.58. The van der Waals surface area contributed by atoms with E-state index in [2.05, 4.69) is 30.1 Å². The third kappa shape index (κ3) is 3.71. The standard InChI is InChI=1S/C18H22N8O2/c1-13-15(14(2)28-23-13)3-4-18(27)25-7-5-24(6-8-25)16-9-17(21-11-20-16)26-12-19-10-22-26/h9-12H,3-8H2,1-2H3. The molecule has 0 spiro atoms. The first-order chi connectivity index (χ1) is 13.6. The molecule has 0 bridgehead atoms. The van der Waals surface area contributed by atoms with E-state index in [0.717, 1.165) is 35.9 Å². The maximum atomic E-state index is 12.6. The molecule has 146 valence electrons. The van der Waals surface area contributed by atoms with E-state index in [0.29, 0.717) is 31.7 Å². The van der Waals surface area contributed by atoms with E-state index in [1.165, 1.54) is 12.7 Å². The zero-order chi connectivity index (χ0) is 19.5. The molecule has 28 heavy (non-hydrogen) atoms. The van der Waals surface area contributed by atoms with Gasteiger partial charge in [0.1, 0.15) is 30.6 Å². The summed E-state index contributed by atoms with van der Waals surface area (Å²) in [5.41, 5.74) is 1.90. The van der Waals surface area contributed by atoms with Crippen molar-refractivity contribution in [3.05, 3.63) is 42.1 Å². The first-order valence-electron chi connectivity index (χ1n) is 9.23. The van der Waals surface area contributed by atoms with Gasteiger partial charge in [-0.3, -0.25) is 4.79 Å². The summed E-state index contributed by atoms with van der Waals surface area (Å²) in [6.07, 6.45) is 5.71. The fourth-order valence-corrected chi connectivity index (χ4v) is 3.40. The molecule has 0 aromatic carbocycles. The van der Waals surface area contributed by atoms with Crippen LogP contribution >= 0.6 is 0 Å². The van der Waals surface area contributed by atoms with Crippen molar-refractivity contribution in [2.24, 2.45) is 0 Å². The molecule has 10 heteroatoms. The molecular formula is C18H22N8O2. The molecule has 1 aliphatic rings. The number of rotatable bonds is 5. The van der Waals surface area contributed by atoms with Crippen molar-refractivity contribution in [1.29, 1.82) is 0 Å². The third-order valence-electron chi connectivity index (χ3n) is 5.02. The number of amides is 1. The number of carbonyl (C=O) groups is 1. The zero-order valence-electron chi connectivity index (χ0n) is 15.9. The highest BCUT2D eigenvalue weighted by molar-refractivity contribution is 5.76. The normalized spacial score (nSPS) is 14.5. The Labute approximate surface area is 162 Å². The van der Waals surface area contributed by atoms with Gasteiger partial charge in [0.05, 0.1) is 5.69 Å². The van der Waals surface area contributed by atoms with Gasteiger partial charge in [0, 0.05) is 44.2 Å². The van der Waals surface area contributed by atoms with Crippen LogP contribution in [-0.4, -0.2) is 66.9 Å². The number of hydrogen-bond acceptors (Lipinski definition) is 8. The number of aromatic nitrogens is 6. The summed E-state index contributed by atoms with van der Waals surface area (Å²) in [5.74, 6) is 2.44. The average Bonchev–Trinajstić information content (AvgIpc) is 3.37. The van der Waals surface area contributed by atoms with Gasteiger partial charge in [0.15, 0.2) is 5.82 Å². The van der Waals surface area contributed by atoms with Gasteiger partial charge < -0.3 is 14.3 Å². The highest BCUT2D eigenvalue weighted by Gasteiger charge is 2.23. The highest BCUT2D eigenvalue weighted by atomic mass is 16.5. The lowest BCUT2D eigenvalue weighted by Crippen LogP contribution is -2.49. The lowest BCUT2D eigenvalue weighted by atomic mass is 10.1. The molecule has 10 nitrogen and oxygen atoms in total. The number of nitrogens with zero attached hydrogens (tertiary/aromatic N) is 8. The molecule has 1 aliphatic heterocycles. The lowest BCUT2D eigenvalue weighted by molar-refractivity contribution is -0.131. The Bertz CT molecular complexity index is 925. The lowest BCUT2D eigenvalue weighted by Gasteiger charge is -2.35. The van der Waals surface area contributed by atoms with Crippen molar-refractivity contribution in [1.82, 2.24) is 34.8 Å². The van der Waals surface area contributed by atoms with Gasteiger partial charge in [0.25, 0.3) is 0 Å². The molecular weight excluding hydrogens is 360 g/mol. The van der Waals surface area contributed by atoms with E-state index in [9.17, 15) is 4.79 Å². The largest absolute Gasteiger partial charge is 0.361 e. The first-order valence-corrected chi connectivity index (χ1v) is 9.23. The van der Waals surface area contributed by atoms with Crippen LogP contribution in [0, 0.1) is 13.8 Å². The van der Waals surface area contributed by atoms with Crippen LogP contribution in [0.3, 0.4) is 0 Å². The van der Waals surface area contributed by atoms with Crippen molar-refractivity contribution in [2.45, 2.75) is 26.7 Å². The second-order valence-corrected chi connectivity index (χ2v) is 6.75. The first kappa shape index (κ1) is 18.1. The Morgan fingerprint density at radius 2 is 1.89 bits per heavy atom.